The lowest BCUT2D eigenvalue weighted by Gasteiger charge is -2.04. The number of halogens is 1. The Bertz CT molecular complexity index is 539. The van der Waals surface area contributed by atoms with Crippen LogP contribution in [0.3, 0.4) is 0 Å². The molecule has 0 aliphatic carbocycles. The van der Waals surface area contributed by atoms with Crippen molar-refractivity contribution in [1.29, 1.82) is 0 Å². The second-order valence-corrected chi connectivity index (χ2v) is 5.40. The van der Waals surface area contributed by atoms with Crippen LogP contribution in [0.25, 0.3) is 0 Å². The minimum atomic E-state index is 0.627. The molecule has 0 radical (unpaired) electrons. The van der Waals surface area contributed by atoms with Crippen molar-refractivity contribution in [2.45, 2.75) is 24.0 Å². The van der Waals surface area contributed by atoms with E-state index in [1.165, 1.54) is 11.8 Å². The Balaban J connectivity index is 2.31. The number of rotatable bonds is 2. The zero-order valence-electron chi connectivity index (χ0n) is 9.44. The topological polar surface area (TPSA) is 64.7 Å². The van der Waals surface area contributed by atoms with Gasteiger partial charge in [-0.15, -0.1) is 0 Å². The minimum Gasteiger partial charge on any atom is -0.397 e. The molecule has 0 saturated heterocycles. The van der Waals surface area contributed by atoms with Crippen LogP contribution in [-0.2, 0) is 0 Å². The maximum absolute atomic E-state index is 5.64. The molecule has 0 unspecified atom stereocenters. The summed E-state index contributed by atoms with van der Waals surface area (Å²) in [6.07, 6.45) is 1.62. The molecular formula is C11H11BrN4S. The van der Waals surface area contributed by atoms with Crippen LogP contribution < -0.4 is 5.73 Å². The summed E-state index contributed by atoms with van der Waals surface area (Å²) in [5, 5.41) is 1.50. The van der Waals surface area contributed by atoms with E-state index >= 15 is 0 Å². The lowest BCUT2D eigenvalue weighted by atomic mass is 10.4. The molecule has 4 nitrogen and oxygen atoms in total. The summed E-state index contributed by atoms with van der Waals surface area (Å²) in [6, 6.07) is 3.76. The first kappa shape index (κ1) is 12.3. The van der Waals surface area contributed by atoms with E-state index in [1.807, 2.05) is 26.0 Å². The van der Waals surface area contributed by atoms with Gasteiger partial charge >= 0.3 is 0 Å². The Morgan fingerprint density at radius 1 is 1.18 bits per heavy atom. The van der Waals surface area contributed by atoms with Gasteiger partial charge in [0.1, 0.15) is 5.03 Å². The van der Waals surface area contributed by atoms with Crippen molar-refractivity contribution < 1.29 is 0 Å². The first-order chi connectivity index (χ1) is 8.04. The first-order valence-electron chi connectivity index (χ1n) is 4.96. The van der Waals surface area contributed by atoms with Crippen LogP contribution in [0.1, 0.15) is 11.4 Å². The Morgan fingerprint density at radius 3 is 2.41 bits per heavy atom. The molecule has 0 aromatic carbocycles. The number of nitrogens with zero attached hydrogens (tertiary/aromatic N) is 3. The summed E-state index contributed by atoms with van der Waals surface area (Å²) >= 11 is 4.84. The molecule has 0 atom stereocenters. The summed E-state index contributed by atoms with van der Waals surface area (Å²) in [6.45, 7) is 3.90. The maximum atomic E-state index is 5.64. The van der Waals surface area contributed by atoms with Gasteiger partial charge in [0.25, 0.3) is 0 Å². The predicted octanol–water partition coefficient (Wildman–Crippen LogP) is 2.98. The van der Waals surface area contributed by atoms with Crippen LogP contribution in [0.2, 0.25) is 0 Å². The normalized spacial score (nSPS) is 10.5. The van der Waals surface area contributed by atoms with Gasteiger partial charge in [-0.25, -0.2) is 15.0 Å². The number of hydrogen-bond acceptors (Lipinski definition) is 5. The molecule has 0 aliphatic heterocycles. The van der Waals surface area contributed by atoms with E-state index in [4.69, 9.17) is 5.73 Å². The lowest BCUT2D eigenvalue weighted by molar-refractivity contribution is 0.898. The fraction of sp³-hybridized carbons (Fsp3) is 0.182. The average molecular weight is 311 g/mol. The second kappa shape index (κ2) is 5.01. The van der Waals surface area contributed by atoms with Gasteiger partial charge in [0.2, 0.25) is 0 Å². The van der Waals surface area contributed by atoms with Gasteiger partial charge in [-0.1, -0.05) is 0 Å². The van der Waals surface area contributed by atoms with E-state index in [2.05, 4.69) is 30.9 Å². The molecule has 2 N–H and O–H groups in total. The molecule has 0 aliphatic rings. The Morgan fingerprint density at radius 2 is 1.82 bits per heavy atom. The summed E-state index contributed by atoms with van der Waals surface area (Å²) in [5.41, 5.74) is 8.16. The molecule has 0 bridgehead atoms. The molecule has 2 heterocycles. The highest BCUT2D eigenvalue weighted by atomic mass is 79.9. The van der Waals surface area contributed by atoms with Crippen LogP contribution in [-0.4, -0.2) is 15.0 Å². The number of nitrogen functional groups attached to an aromatic ring is 1. The zero-order valence-corrected chi connectivity index (χ0v) is 11.8. The van der Waals surface area contributed by atoms with Crippen molar-refractivity contribution in [3.8, 4) is 0 Å². The van der Waals surface area contributed by atoms with E-state index < -0.39 is 0 Å². The van der Waals surface area contributed by atoms with E-state index in [9.17, 15) is 0 Å². The fourth-order valence-corrected chi connectivity index (χ4v) is 2.76. The van der Waals surface area contributed by atoms with E-state index in [0.29, 0.717) is 10.8 Å². The van der Waals surface area contributed by atoms with Crippen molar-refractivity contribution in [2.24, 2.45) is 0 Å². The molecule has 88 valence electrons. The van der Waals surface area contributed by atoms with Crippen LogP contribution in [0.5, 0.6) is 0 Å². The molecule has 17 heavy (non-hydrogen) atoms. The lowest BCUT2D eigenvalue weighted by Crippen LogP contribution is -1.94. The van der Waals surface area contributed by atoms with Gasteiger partial charge in [0, 0.05) is 11.4 Å². The second-order valence-electron chi connectivity index (χ2n) is 3.59. The third-order valence-corrected chi connectivity index (χ3v) is 3.73. The highest BCUT2D eigenvalue weighted by Gasteiger charge is 2.07. The fourth-order valence-electron chi connectivity index (χ4n) is 1.34. The Labute approximate surface area is 112 Å². The maximum Gasteiger partial charge on any atom is 0.194 e. The third kappa shape index (κ3) is 3.17. The van der Waals surface area contributed by atoms with Gasteiger partial charge in [-0.05, 0) is 53.7 Å². The molecule has 2 aromatic rings. The van der Waals surface area contributed by atoms with Crippen LogP contribution >= 0.6 is 27.7 Å². The summed E-state index contributed by atoms with van der Waals surface area (Å²) in [4.78, 5) is 12.9. The molecule has 6 heteroatoms. The SMILES string of the molecule is Cc1cc(C)nc(Sc2ncc(N)cc2Br)n1. The van der Waals surface area contributed by atoms with Gasteiger partial charge in [-0.3, -0.25) is 0 Å². The van der Waals surface area contributed by atoms with Crippen molar-refractivity contribution in [3.05, 3.63) is 34.2 Å². The number of pyridine rings is 1. The van der Waals surface area contributed by atoms with Crippen LogP contribution in [0.4, 0.5) is 5.69 Å². The first-order valence-corrected chi connectivity index (χ1v) is 6.57. The highest BCUT2D eigenvalue weighted by molar-refractivity contribution is 9.10. The van der Waals surface area contributed by atoms with Crippen LogP contribution in [0, 0.1) is 13.8 Å². The largest absolute Gasteiger partial charge is 0.397 e. The Kier molecular flexibility index (Phi) is 3.63. The van der Waals surface area contributed by atoms with E-state index in [1.54, 1.807) is 6.20 Å². The smallest absolute Gasteiger partial charge is 0.194 e. The quantitative estimate of drug-likeness (QED) is 0.864. The van der Waals surface area contributed by atoms with Gasteiger partial charge in [0.15, 0.2) is 5.16 Å². The van der Waals surface area contributed by atoms with Crippen LogP contribution in [0.15, 0.2) is 33.0 Å². The van der Waals surface area contributed by atoms with Crippen molar-refractivity contribution >= 4 is 33.4 Å². The van der Waals surface area contributed by atoms with Gasteiger partial charge < -0.3 is 5.73 Å². The number of anilines is 1. The monoisotopic (exact) mass is 310 g/mol. The standard InChI is InChI=1S/C11H11BrN4S/c1-6-3-7(2)16-11(15-6)17-10-9(12)4-8(13)5-14-10/h3-5H,13H2,1-2H3. The summed E-state index contributed by atoms with van der Waals surface area (Å²) in [7, 11) is 0. The molecular weight excluding hydrogens is 300 g/mol. The third-order valence-electron chi connectivity index (χ3n) is 1.98. The number of hydrogen-bond donors (Lipinski definition) is 1. The van der Waals surface area contributed by atoms with Gasteiger partial charge in [-0.2, -0.15) is 0 Å². The molecule has 0 amide bonds. The summed E-state index contributed by atoms with van der Waals surface area (Å²) in [5.74, 6) is 0. The summed E-state index contributed by atoms with van der Waals surface area (Å²) < 4.78 is 0.852. The molecule has 0 saturated carbocycles. The van der Waals surface area contributed by atoms with E-state index in [0.717, 1.165) is 20.9 Å². The molecule has 2 rings (SSSR count). The predicted molar refractivity (Wildman–Crippen MR) is 72.0 cm³/mol. The molecule has 0 fully saturated rings. The molecule has 2 aromatic heterocycles. The van der Waals surface area contributed by atoms with Crippen molar-refractivity contribution in [1.82, 2.24) is 15.0 Å². The van der Waals surface area contributed by atoms with Crippen molar-refractivity contribution in [2.75, 3.05) is 5.73 Å². The zero-order chi connectivity index (χ0) is 12.4. The number of nitrogens with two attached hydrogens (primary N) is 1. The number of aryl methyl sites for hydroxylation is 2. The van der Waals surface area contributed by atoms with Crippen molar-refractivity contribution in [3.63, 3.8) is 0 Å². The van der Waals surface area contributed by atoms with E-state index in [-0.39, 0.29) is 0 Å². The highest BCUT2D eigenvalue weighted by Crippen LogP contribution is 2.30. The molecule has 0 spiro atoms. The minimum absolute atomic E-state index is 0.627. The number of aromatic nitrogens is 3. The Hall–Kier alpha value is -1.14. The van der Waals surface area contributed by atoms with Gasteiger partial charge in [0.05, 0.1) is 16.4 Å². The average Bonchev–Trinajstić information content (AvgIpc) is 2.21.